The van der Waals surface area contributed by atoms with Gasteiger partial charge < -0.3 is 14.5 Å². The molecule has 0 aliphatic carbocycles. The van der Waals surface area contributed by atoms with Gasteiger partial charge in [0, 0.05) is 43.0 Å². The van der Waals surface area contributed by atoms with E-state index in [0.29, 0.717) is 37.0 Å². The summed E-state index contributed by atoms with van der Waals surface area (Å²) in [5.41, 5.74) is 0.241. The molecule has 160 valence electrons. The highest BCUT2D eigenvalue weighted by Crippen LogP contribution is 2.23. The molecule has 1 aliphatic rings. The minimum absolute atomic E-state index is 0.0742. The van der Waals surface area contributed by atoms with Crippen LogP contribution in [0, 0.1) is 0 Å². The monoisotopic (exact) mass is 470 g/mol. The first-order valence-corrected chi connectivity index (χ1v) is 11.7. The Balaban J connectivity index is 1.56. The molecule has 0 saturated carbocycles. The molecule has 0 N–H and O–H groups in total. The average Bonchev–Trinajstić information content (AvgIpc) is 2.72. The third-order valence-corrected chi connectivity index (χ3v) is 6.50. The highest BCUT2D eigenvalue weighted by Gasteiger charge is 2.26. The smallest absolute Gasteiger partial charge is 0.260 e. The average molecular weight is 471 g/mol. The summed E-state index contributed by atoms with van der Waals surface area (Å²) >= 11 is 11.8. The van der Waals surface area contributed by atoms with E-state index in [2.05, 4.69) is 0 Å². The molecule has 7 nitrogen and oxygen atoms in total. The Hall–Kier alpha value is -2.29. The van der Waals surface area contributed by atoms with Crippen LogP contribution in [0.3, 0.4) is 0 Å². The third kappa shape index (κ3) is 5.44. The van der Waals surface area contributed by atoms with Gasteiger partial charge in [0.15, 0.2) is 16.4 Å². The molecule has 0 radical (unpaired) electrons. The summed E-state index contributed by atoms with van der Waals surface area (Å²) in [7, 11) is -3.55. The van der Waals surface area contributed by atoms with Gasteiger partial charge in [-0.1, -0.05) is 23.2 Å². The maximum atomic E-state index is 12.8. The number of piperazine rings is 1. The summed E-state index contributed by atoms with van der Waals surface area (Å²) in [5.74, 6) is 0.0648. The molecule has 2 amide bonds. The van der Waals surface area contributed by atoms with Crippen LogP contribution in [0.1, 0.15) is 10.4 Å². The van der Waals surface area contributed by atoms with Crippen LogP contribution in [0.15, 0.2) is 47.4 Å². The Labute approximate surface area is 185 Å². The minimum atomic E-state index is -3.55. The summed E-state index contributed by atoms with van der Waals surface area (Å²) in [6.45, 7) is 1.29. The fourth-order valence-corrected chi connectivity index (χ4v) is 4.46. The van der Waals surface area contributed by atoms with E-state index in [-0.39, 0.29) is 33.9 Å². The Morgan fingerprint density at radius 2 is 1.57 bits per heavy atom. The predicted molar refractivity (Wildman–Crippen MR) is 114 cm³/mol. The lowest BCUT2D eigenvalue weighted by molar-refractivity contribution is -0.134. The Kier molecular flexibility index (Phi) is 6.90. The maximum Gasteiger partial charge on any atom is 0.260 e. The largest absolute Gasteiger partial charge is 0.484 e. The number of carbonyl (C=O) groups excluding carboxylic acids is 2. The molecule has 30 heavy (non-hydrogen) atoms. The van der Waals surface area contributed by atoms with Crippen molar-refractivity contribution in [3.8, 4) is 5.75 Å². The van der Waals surface area contributed by atoms with Crippen molar-refractivity contribution < 1.29 is 22.7 Å². The molecule has 0 spiro atoms. The van der Waals surface area contributed by atoms with Crippen molar-refractivity contribution in [2.45, 2.75) is 4.90 Å². The Bertz CT molecular complexity index is 1050. The first-order chi connectivity index (χ1) is 14.1. The lowest BCUT2D eigenvalue weighted by Crippen LogP contribution is -2.51. The SMILES string of the molecule is CS(=O)(=O)c1cc(C(=O)N2CCN(C(=O)COc3ccc(Cl)cc3)CC2)ccc1Cl. The van der Waals surface area contributed by atoms with Gasteiger partial charge in [-0.15, -0.1) is 0 Å². The van der Waals surface area contributed by atoms with Gasteiger partial charge in [0.2, 0.25) is 0 Å². The van der Waals surface area contributed by atoms with Crippen LogP contribution >= 0.6 is 23.2 Å². The van der Waals surface area contributed by atoms with Crippen molar-refractivity contribution in [3.05, 3.63) is 58.1 Å². The highest BCUT2D eigenvalue weighted by molar-refractivity contribution is 7.90. The lowest BCUT2D eigenvalue weighted by Gasteiger charge is -2.34. The summed E-state index contributed by atoms with van der Waals surface area (Å²) in [5, 5.41) is 0.656. The van der Waals surface area contributed by atoms with E-state index in [1.807, 2.05) is 0 Å². The van der Waals surface area contributed by atoms with Gasteiger partial charge in [0.1, 0.15) is 5.75 Å². The van der Waals surface area contributed by atoms with Crippen LogP contribution in [0.2, 0.25) is 10.0 Å². The minimum Gasteiger partial charge on any atom is -0.484 e. The third-order valence-electron chi connectivity index (χ3n) is 4.67. The predicted octanol–water partition coefficient (Wildman–Crippen LogP) is 2.76. The maximum absolute atomic E-state index is 12.8. The van der Waals surface area contributed by atoms with Crippen molar-refractivity contribution in [2.75, 3.05) is 39.0 Å². The van der Waals surface area contributed by atoms with Gasteiger partial charge in [-0.25, -0.2) is 8.42 Å². The Morgan fingerprint density at radius 1 is 0.967 bits per heavy atom. The molecule has 2 aromatic carbocycles. The summed E-state index contributed by atoms with van der Waals surface area (Å²) in [6, 6.07) is 10.9. The van der Waals surface area contributed by atoms with E-state index >= 15 is 0 Å². The number of benzene rings is 2. The van der Waals surface area contributed by atoms with Crippen LogP contribution in [0.4, 0.5) is 0 Å². The topological polar surface area (TPSA) is 84.0 Å². The van der Waals surface area contributed by atoms with Crippen LogP contribution in [-0.2, 0) is 14.6 Å². The molecule has 10 heteroatoms. The molecular formula is C20H20Cl2N2O5S. The molecule has 0 aromatic heterocycles. The first kappa shape index (κ1) is 22.4. The van der Waals surface area contributed by atoms with E-state index in [1.165, 1.54) is 18.2 Å². The Morgan fingerprint density at radius 3 is 2.17 bits per heavy atom. The summed E-state index contributed by atoms with van der Waals surface area (Å²) in [4.78, 5) is 28.3. The number of ether oxygens (including phenoxy) is 1. The van der Waals surface area contributed by atoms with Crippen molar-refractivity contribution >= 4 is 44.9 Å². The van der Waals surface area contributed by atoms with Gasteiger partial charge in [0.25, 0.3) is 11.8 Å². The van der Waals surface area contributed by atoms with Crippen molar-refractivity contribution in [3.63, 3.8) is 0 Å². The highest BCUT2D eigenvalue weighted by atomic mass is 35.5. The first-order valence-electron chi connectivity index (χ1n) is 9.10. The molecule has 0 atom stereocenters. The molecule has 2 aromatic rings. The fraction of sp³-hybridized carbons (Fsp3) is 0.300. The normalized spacial score (nSPS) is 14.5. The van der Waals surface area contributed by atoms with Gasteiger partial charge >= 0.3 is 0 Å². The van der Waals surface area contributed by atoms with Crippen LogP contribution < -0.4 is 4.74 Å². The number of amides is 2. The van der Waals surface area contributed by atoms with Crippen LogP contribution in [-0.4, -0.2) is 69.1 Å². The van der Waals surface area contributed by atoms with E-state index in [9.17, 15) is 18.0 Å². The zero-order valence-electron chi connectivity index (χ0n) is 16.2. The van der Waals surface area contributed by atoms with Crippen LogP contribution in [0.25, 0.3) is 0 Å². The summed E-state index contributed by atoms with van der Waals surface area (Å²) in [6.07, 6.45) is 1.04. The van der Waals surface area contributed by atoms with Gasteiger partial charge in [0.05, 0.1) is 9.92 Å². The van der Waals surface area contributed by atoms with Gasteiger partial charge in [-0.05, 0) is 42.5 Å². The number of rotatable bonds is 5. The number of hydrogen-bond donors (Lipinski definition) is 0. The van der Waals surface area contributed by atoms with E-state index in [0.717, 1.165) is 6.26 Å². The molecule has 1 fully saturated rings. The number of sulfone groups is 1. The fourth-order valence-electron chi connectivity index (χ4n) is 3.03. The number of hydrogen-bond acceptors (Lipinski definition) is 5. The number of halogens is 2. The van der Waals surface area contributed by atoms with E-state index in [4.69, 9.17) is 27.9 Å². The van der Waals surface area contributed by atoms with Crippen molar-refractivity contribution in [2.24, 2.45) is 0 Å². The lowest BCUT2D eigenvalue weighted by atomic mass is 10.2. The number of nitrogens with zero attached hydrogens (tertiary/aromatic N) is 2. The zero-order valence-corrected chi connectivity index (χ0v) is 18.5. The van der Waals surface area contributed by atoms with E-state index in [1.54, 1.807) is 34.1 Å². The van der Waals surface area contributed by atoms with Gasteiger partial charge in [-0.2, -0.15) is 0 Å². The van der Waals surface area contributed by atoms with Crippen molar-refractivity contribution in [1.82, 2.24) is 9.80 Å². The van der Waals surface area contributed by atoms with Crippen LogP contribution in [0.5, 0.6) is 5.75 Å². The molecular weight excluding hydrogens is 451 g/mol. The second-order valence-corrected chi connectivity index (χ2v) is 9.66. The number of carbonyl (C=O) groups is 2. The van der Waals surface area contributed by atoms with Gasteiger partial charge in [-0.3, -0.25) is 9.59 Å². The molecule has 1 aliphatic heterocycles. The van der Waals surface area contributed by atoms with E-state index < -0.39 is 9.84 Å². The zero-order chi connectivity index (χ0) is 21.9. The molecule has 0 bridgehead atoms. The molecule has 1 saturated heterocycles. The second kappa shape index (κ2) is 9.24. The molecule has 1 heterocycles. The summed E-state index contributed by atoms with van der Waals surface area (Å²) < 4.78 is 29.1. The standard InChI is InChI=1S/C20H20Cl2N2O5S/c1-30(27,28)18-12-14(2-7-17(18)22)20(26)24-10-8-23(9-11-24)19(25)13-29-16-5-3-15(21)4-6-16/h2-7,12H,8-11,13H2,1H3. The quantitative estimate of drug-likeness (QED) is 0.670. The van der Waals surface area contributed by atoms with Crippen molar-refractivity contribution in [1.29, 1.82) is 0 Å². The second-order valence-electron chi connectivity index (χ2n) is 6.83. The molecule has 3 rings (SSSR count). The molecule has 0 unspecified atom stereocenters.